The fourth-order valence-corrected chi connectivity index (χ4v) is 3.81. The first kappa shape index (κ1) is 22.4. The van der Waals surface area contributed by atoms with E-state index >= 15 is 0 Å². The molecule has 0 spiro atoms. The van der Waals surface area contributed by atoms with Gasteiger partial charge in [-0.15, -0.1) is 11.3 Å². The first-order valence-electron chi connectivity index (χ1n) is 9.33. The lowest BCUT2D eigenvalue weighted by Gasteiger charge is -2.26. The Hall–Kier alpha value is -2.28. The Kier molecular flexibility index (Phi) is 7.58. The molecule has 0 aliphatic carbocycles. The number of hydrogen-bond acceptors (Lipinski definition) is 5. The van der Waals surface area contributed by atoms with E-state index in [1.807, 2.05) is 19.2 Å². The van der Waals surface area contributed by atoms with Gasteiger partial charge in [-0.25, -0.2) is 4.98 Å². The van der Waals surface area contributed by atoms with E-state index in [1.165, 1.54) is 11.3 Å². The van der Waals surface area contributed by atoms with Gasteiger partial charge < -0.3 is 14.4 Å². The maximum absolute atomic E-state index is 13.0. The minimum atomic E-state index is -0.0517. The van der Waals surface area contributed by atoms with Gasteiger partial charge in [0.15, 0.2) is 0 Å². The Morgan fingerprint density at radius 2 is 1.90 bits per heavy atom. The number of halogens is 2. The minimum absolute atomic E-state index is 0.0197. The highest BCUT2D eigenvalue weighted by Gasteiger charge is 2.20. The van der Waals surface area contributed by atoms with E-state index < -0.39 is 0 Å². The molecule has 30 heavy (non-hydrogen) atoms. The van der Waals surface area contributed by atoms with Crippen molar-refractivity contribution in [2.45, 2.75) is 33.0 Å². The van der Waals surface area contributed by atoms with Gasteiger partial charge in [0.05, 0.1) is 24.4 Å². The summed E-state index contributed by atoms with van der Waals surface area (Å²) in [6, 6.07) is 12.2. The third-order valence-corrected chi connectivity index (χ3v) is 5.82. The lowest BCUT2D eigenvalue weighted by molar-refractivity contribution is 0.0688. The maximum atomic E-state index is 13.0. The quantitative estimate of drug-likeness (QED) is 0.404. The number of carbonyl (C=O) groups excluding carboxylic acids is 1. The number of amides is 1. The molecule has 8 heteroatoms. The largest absolute Gasteiger partial charge is 0.497 e. The molecule has 5 nitrogen and oxygen atoms in total. The van der Waals surface area contributed by atoms with Crippen molar-refractivity contribution in [1.29, 1.82) is 0 Å². The highest BCUT2D eigenvalue weighted by atomic mass is 35.5. The number of methoxy groups -OCH3 is 1. The standard InChI is InChI=1S/C22H22Cl2N2O3S/c1-14(2)26(22(27)15-4-7-18(28-3)8-5-15)11-17-13-30-21(25-17)12-29-20-10-16(23)6-9-19(20)24/h4-10,13-14H,11-12H2,1-3H3. The summed E-state index contributed by atoms with van der Waals surface area (Å²) >= 11 is 13.6. The van der Waals surface area contributed by atoms with E-state index in [2.05, 4.69) is 4.98 Å². The van der Waals surface area contributed by atoms with Crippen LogP contribution in [0.2, 0.25) is 10.0 Å². The molecule has 0 aliphatic heterocycles. The molecule has 0 bridgehead atoms. The van der Waals surface area contributed by atoms with Gasteiger partial charge in [-0.3, -0.25) is 4.79 Å². The molecule has 0 saturated heterocycles. The zero-order valence-electron chi connectivity index (χ0n) is 16.9. The van der Waals surface area contributed by atoms with Crippen molar-refractivity contribution in [3.63, 3.8) is 0 Å². The van der Waals surface area contributed by atoms with E-state index in [0.717, 1.165) is 10.7 Å². The molecule has 1 amide bonds. The first-order valence-corrected chi connectivity index (χ1v) is 11.0. The molecule has 0 unspecified atom stereocenters. The molecule has 0 N–H and O–H groups in total. The molecular weight excluding hydrogens is 443 g/mol. The molecule has 0 aliphatic rings. The van der Waals surface area contributed by atoms with Crippen LogP contribution in [-0.2, 0) is 13.2 Å². The average Bonchev–Trinajstić information content (AvgIpc) is 3.19. The number of thiazole rings is 1. The Bertz CT molecular complexity index is 1010. The summed E-state index contributed by atoms with van der Waals surface area (Å²) < 4.78 is 10.9. The van der Waals surface area contributed by atoms with Crippen LogP contribution in [0.25, 0.3) is 0 Å². The number of aromatic nitrogens is 1. The van der Waals surface area contributed by atoms with Gasteiger partial charge in [-0.1, -0.05) is 23.2 Å². The number of hydrogen-bond donors (Lipinski definition) is 0. The molecule has 1 heterocycles. The summed E-state index contributed by atoms with van der Waals surface area (Å²) in [6.45, 7) is 4.66. The van der Waals surface area contributed by atoms with Crippen LogP contribution >= 0.6 is 34.5 Å². The normalized spacial score (nSPS) is 10.9. The average molecular weight is 465 g/mol. The molecule has 1 aromatic heterocycles. The van der Waals surface area contributed by atoms with Gasteiger partial charge in [0.1, 0.15) is 23.1 Å². The van der Waals surface area contributed by atoms with Gasteiger partial charge in [0.2, 0.25) is 0 Å². The second-order valence-corrected chi connectivity index (χ2v) is 8.64. The van der Waals surface area contributed by atoms with Crippen LogP contribution in [0.15, 0.2) is 47.8 Å². The van der Waals surface area contributed by atoms with Crippen LogP contribution < -0.4 is 9.47 Å². The Morgan fingerprint density at radius 1 is 1.17 bits per heavy atom. The number of benzene rings is 2. The Labute approximate surface area is 190 Å². The molecular formula is C22H22Cl2N2O3S. The number of nitrogens with zero attached hydrogens (tertiary/aromatic N) is 2. The number of ether oxygens (including phenoxy) is 2. The van der Waals surface area contributed by atoms with Crippen molar-refractivity contribution in [2.75, 3.05) is 7.11 Å². The van der Waals surface area contributed by atoms with Gasteiger partial charge in [-0.05, 0) is 50.2 Å². The zero-order valence-corrected chi connectivity index (χ0v) is 19.2. The highest BCUT2D eigenvalue weighted by molar-refractivity contribution is 7.09. The first-order chi connectivity index (χ1) is 14.4. The van der Waals surface area contributed by atoms with Gasteiger partial charge in [0.25, 0.3) is 5.91 Å². The summed E-state index contributed by atoms with van der Waals surface area (Å²) in [5, 5.41) is 3.78. The van der Waals surface area contributed by atoms with Crippen LogP contribution in [-0.4, -0.2) is 28.9 Å². The topological polar surface area (TPSA) is 51.7 Å². The molecule has 0 radical (unpaired) electrons. The van der Waals surface area contributed by atoms with Gasteiger partial charge in [-0.2, -0.15) is 0 Å². The lowest BCUT2D eigenvalue weighted by atomic mass is 10.1. The predicted molar refractivity (Wildman–Crippen MR) is 121 cm³/mol. The Morgan fingerprint density at radius 3 is 2.57 bits per heavy atom. The van der Waals surface area contributed by atoms with Crippen LogP contribution in [0.5, 0.6) is 11.5 Å². The fourth-order valence-electron chi connectivity index (χ4n) is 2.78. The van der Waals surface area contributed by atoms with E-state index in [-0.39, 0.29) is 18.6 Å². The van der Waals surface area contributed by atoms with Crippen molar-refractivity contribution in [3.8, 4) is 11.5 Å². The monoisotopic (exact) mass is 464 g/mol. The molecule has 3 aromatic rings. The predicted octanol–water partition coefficient (Wildman–Crippen LogP) is 6.09. The molecule has 2 aromatic carbocycles. The van der Waals surface area contributed by atoms with Crippen molar-refractivity contribution in [3.05, 3.63) is 74.2 Å². The third-order valence-electron chi connectivity index (χ3n) is 4.40. The van der Waals surface area contributed by atoms with Crippen LogP contribution in [0.1, 0.15) is 34.9 Å². The molecule has 0 fully saturated rings. The van der Waals surface area contributed by atoms with Crippen molar-refractivity contribution in [2.24, 2.45) is 0 Å². The van der Waals surface area contributed by atoms with Crippen molar-refractivity contribution < 1.29 is 14.3 Å². The zero-order chi connectivity index (χ0) is 21.7. The van der Waals surface area contributed by atoms with Crippen LogP contribution in [0.3, 0.4) is 0 Å². The SMILES string of the molecule is COc1ccc(C(=O)N(Cc2csc(COc3cc(Cl)ccc3Cl)n2)C(C)C)cc1. The molecule has 0 atom stereocenters. The Balaban J connectivity index is 1.67. The van der Waals surface area contributed by atoms with E-state index in [1.54, 1.807) is 54.5 Å². The highest BCUT2D eigenvalue weighted by Crippen LogP contribution is 2.29. The second-order valence-electron chi connectivity index (χ2n) is 6.85. The van der Waals surface area contributed by atoms with E-state index in [9.17, 15) is 4.79 Å². The molecule has 158 valence electrons. The summed E-state index contributed by atoms with van der Waals surface area (Å²) in [6.07, 6.45) is 0. The van der Waals surface area contributed by atoms with Crippen LogP contribution in [0.4, 0.5) is 0 Å². The van der Waals surface area contributed by atoms with E-state index in [0.29, 0.717) is 33.7 Å². The third kappa shape index (κ3) is 5.65. The lowest BCUT2D eigenvalue weighted by Crippen LogP contribution is -2.36. The minimum Gasteiger partial charge on any atom is -0.497 e. The summed E-state index contributed by atoms with van der Waals surface area (Å²) in [5.41, 5.74) is 1.42. The van der Waals surface area contributed by atoms with Crippen molar-refractivity contribution >= 4 is 40.4 Å². The number of carbonyl (C=O) groups is 1. The maximum Gasteiger partial charge on any atom is 0.254 e. The fraction of sp³-hybridized carbons (Fsp3) is 0.273. The van der Waals surface area contributed by atoms with Gasteiger partial charge >= 0.3 is 0 Å². The second kappa shape index (κ2) is 10.2. The van der Waals surface area contributed by atoms with Gasteiger partial charge in [0, 0.05) is 28.1 Å². The summed E-state index contributed by atoms with van der Waals surface area (Å²) in [7, 11) is 1.60. The number of rotatable bonds is 8. The van der Waals surface area contributed by atoms with Crippen molar-refractivity contribution in [1.82, 2.24) is 9.88 Å². The smallest absolute Gasteiger partial charge is 0.254 e. The summed E-state index contributed by atoms with van der Waals surface area (Å²) in [5.74, 6) is 1.18. The molecule has 3 rings (SSSR count). The van der Waals surface area contributed by atoms with Crippen LogP contribution in [0, 0.1) is 0 Å². The van der Waals surface area contributed by atoms with E-state index in [4.69, 9.17) is 32.7 Å². The summed E-state index contributed by atoms with van der Waals surface area (Å²) in [4.78, 5) is 19.4. The molecule has 0 saturated carbocycles.